The molecule has 1 saturated heterocycles. The molecule has 0 radical (unpaired) electrons. The molecule has 1 heterocycles. The molecule has 0 saturated carbocycles. The number of alkyl carbamates (subject to hydrolysis) is 1. The van der Waals surface area contributed by atoms with Crippen LogP contribution in [0.3, 0.4) is 0 Å². The van der Waals surface area contributed by atoms with Crippen LogP contribution >= 0.6 is 0 Å². The van der Waals surface area contributed by atoms with Gasteiger partial charge < -0.3 is 15.0 Å². The molecule has 0 aliphatic carbocycles. The molecule has 0 aromatic rings. The van der Waals surface area contributed by atoms with E-state index < -0.39 is 11.5 Å². The van der Waals surface area contributed by atoms with Crippen molar-refractivity contribution in [2.45, 2.75) is 52.0 Å². The van der Waals surface area contributed by atoms with Crippen molar-refractivity contribution in [3.8, 4) is 6.07 Å². The second-order valence-electron chi connectivity index (χ2n) is 5.57. The van der Waals surface area contributed by atoms with Gasteiger partial charge in [-0.05, 0) is 19.3 Å². The molecule has 1 fully saturated rings. The standard InChI is InChI=1S/C15H25N3O3/c1-4-7-15(11-16,8-5-2)13(19)18-9-6-12(10-18)17-14(20)21-3/h12H,4-10H2,1-3H3,(H,17,20). The van der Waals surface area contributed by atoms with E-state index in [0.29, 0.717) is 32.4 Å². The third-order valence-corrected chi connectivity index (χ3v) is 3.96. The molecule has 1 N–H and O–H groups in total. The Bertz CT molecular complexity index is 411. The Kier molecular flexibility index (Phi) is 6.47. The van der Waals surface area contributed by atoms with E-state index in [1.165, 1.54) is 7.11 Å². The van der Waals surface area contributed by atoms with Crippen LogP contribution in [0.15, 0.2) is 0 Å². The maximum absolute atomic E-state index is 12.7. The van der Waals surface area contributed by atoms with E-state index in [0.717, 1.165) is 12.8 Å². The van der Waals surface area contributed by atoms with E-state index in [9.17, 15) is 14.9 Å². The summed E-state index contributed by atoms with van der Waals surface area (Å²) in [4.78, 5) is 25.7. The van der Waals surface area contributed by atoms with Gasteiger partial charge in [-0.25, -0.2) is 4.79 Å². The van der Waals surface area contributed by atoms with E-state index in [4.69, 9.17) is 0 Å². The van der Waals surface area contributed by atoms with Gasteiger partial charge in [-0.1, -0.05) is 26.7 Å². The SMILES string of the molecule is CCCC(C#N)(CCC)C(=O)N1CCC(NC(=O)OC)C1. The minimum absolute atomic E-state index is 0.0946. The summed E-state index contributed by atoms with van der Waals surface area (Å²) < 4.78 is 4.57. The number of likely N-dealkylation sites (tertiary alicyclic amines) is 1. The van der Waals surface area contributed by atoms with Crippen molar-refractivity contribution in [3.63, 3.8) is 0 Å². The van der Waals surface area contributed by atoms with Crippen LogP contribution in [0.4, 0.5) is 4.79 Å². The number of hydrogen-bond donors (Lipinski definition) is 1. The lowest BCUT2D eigenvalue weighted by Crippen LogP contribution is -2.44. The number of nitrogens with zero attached hydrogens (tertiary/aromatic N) is 2. The van der Waals surface area contributed by atoms with Crippen LogP contribution < -0.4 is 5.32 Å². The van der Waals surface area contributed by atoms with Gasteiger partial charge in [0.15, 0.2) is 0 Å². The molecular weight excluding hydrogens is 270 g/mol. The Morgan fingerprint density at radius 3 is 2.48 bits per heavy atom. The van der Waals surface area contributed by atoms with Crippen molar-refractivity contribution in [3.05, 3.63) is 0 Å². The minimum Gasteiger partial charge on any atom is -0.453 e. The average Bonchev–Trinajstić information content (AvgIpc) is 2.94. The number of hydrogen-bond acceptors (Lipinski definition) is 4. The highest BCUT2D eigenvalue weighted by Gasteiger charge is 2.42. The van der Waals surface area contributed by atoms with Crippen LogP contribution in [0.5, 0.6) is 0 Å². The highest BCUT2D eigenvalue weighted by atomic mass is 16.5. The van der Waals surface area contributed by atoms with Crippen molar-refractivity contribution in [2.24, 2.45) is 5.41 Å². The maximum atomic E-state index is 12.7. The van der Waals surface area contributed by atoms with Gasteiger partial charge in [-0.15, -0.1) is 0 Å². The topological polar surface area (TPSA) is 82.4 Å². The summed E-state index contributed by atoms with van der Waals surface area (Å²) in [7, 11) is 1.32. The fraction of sp³-hybridized carbons (Fsp3) is 0.800. The first-order valence-corrected chi connectivity index (χ1v) is 7.58. The molecule has 21 heavy (non-hydrogen) atoms. The van der Waals surface area contributed by atoms with Gasteiger partial charge in [0.25, 0.3) is 0 Å². The monoisotopic (exact) mass is 295 g/mol. The van der Waals surface area contributed by atoms with Crippen LogP contribution in [0, 0.1) is 16.7 Å². The first kappa shape index (κ1) is 17.3. The summed E-state index contributed by atoms with van der Waals surface area (Å²) in [5.74, 6) is -0.0946. The molecule has 1 atom stereocenters. The molecule has 118 valence electrons. The smallest absolute Gasteiger partial charge is 0.407 e. The average molecular weight is 295 g/mol. The number of ether oxygens (including phenoxy) is 1. The van der Waals surface area contributed by atoms with Crippen molar-refractivity contribution in [1.82, 2.24) is 10.2 Å². The molecule has 6 heteroatoms. The molecule has 6 nitrogen and oxygen atoms in total. The van der Waals surface area contributed by atoms with E-state index in [1.54, 1.807) is 4.90 Å². The highest BCUT2D eigenvalue weighted by molar-refractivity contribution is 5.86. The van der Waals surface area contributed by atoms with E-state index in [1.807, 2.05) is 13.8 Å². The molecule has 1 aliphatic rings. The number of nitriles is 1. The van der Waals surface area contributed by atoms with E-state index in [-0.39, 0.29) is 11.9 Å². The third-order valence-electron chi connectivity index (χ3n) is 3.96. The normalized spacial score (nSPS) is 18.2. The fourth-order valence-electron chi connectivity index (χ4n) is 2.94. The fourth-order valence-corrected chi connectivity index (χ4v) is 2.94. The predicted molar refractivity (Wildman–Crippen MR) is 78.4 cm³/mol. The molecule has 2 amide bonds. The Labute approximate surface area is 126 Å². The number of nitrogens with one attached hydrogen (secondary N) is 1. The van der Waals surface area contributed by atoms with Crippen LogP contribution in [0.2, 0.25) is 0 Å². The largest absolute Gasteiger partial charge is 0.453 e. The van der Waals surface area contributed by atoms with Gasteiger partial charge in [0, 0.05) is 13.1 Å². The van der Waals surface area contributed by atoms with Crippen LogP contribution in [-0.2, 0) is 9.53 Å². The lowest BCUT2D eigenvalue weighted by molar-refractivity contribution is -0.138. The van der Waals surface area contributed by atoms with Gasteiger partial charge >= 0.3 is 6.09 Å². The molecule has 0 spiro atoms. The molecule has 0 aromatic heterocycles. The molecule has 1 aliphatic heterocycles. The first-order valence-electron chi connectivity index (χ1n) is 7.58. The molecule has 0 bridgehead atoms. The van der Waals surface area contributed by atoms with Crippen LogP contribution in [0.1, 0.15) is 46.0 Å². The van der Waals surface area contributed by atoms with E-state index in [2.05, 4.69) is 16.1 Å². The first-order chi connectivity index (χ1) is 10.0. The summed E-state index contributed by atoms with van der Waals surface area (Å²) >= 11 is 0. The second-order valence-corrected chi connectivity index (χ2v) is 5.57. The Morgan fingerprint density at radius 2 is 2.00 bits per heavy atom. The third kappa shape index (κ3) is 4.10. The molecule has 0 aromatic carbocycles. The summed E-state index contributed by atoms with van der Waals surface area (Å²) in [6, 6.07) is 2.16. The maximum Gasteiger partial charge on any atom is 0.407 e. The number of carbonyl (C=O) groups excluding carboxylic acids is 2. The summed E-state index contributed by atoms with van der Waals surface area (Å²) in [6.45, 7) is 5.00. The molecule has 1 rings (SSSR count). The van der Waals surface area contributed by atoms with Crippen molar-refractivity contribution in [1.29, 1.82) is 5.26 Å². The quantitative estimate of drug-likeness (QED) is 0.813. The van der Waals surface area contributed by atoms with Gasteiger partial charge in [0.2, 0.25) is 5.91 Å². The number of methoxy groups -OCH3 is 1. The Morgan fingerprint density at radius 1 is 1.38 bits per heavy atom. The second kappa shape index (κ2) is 7.87. The Hall–Kier alpha value is -1.77. The zero-order valence-electron chi connectivity index (χ0n) is 13.1. The van der Waals surface area contributed by atoms with Gasteiger partial charge in [-0.2, -0.15) is 5.26 Å². The number of amides is 2. The van der Waals surface area contributed by atoms with Gasteiger partial charge in [0.05, 0.1) is 19.2 Å². The van der Waals surface area contributed by atoms with Crippen LogP contribution in [-0.4, -0.2) is 43.1 Å². The zero-order chi connectivity index (χ0) is 15.9. The Balaban J connectivity index is 2.73. The van der Waals surface area contributed by atoms with Crippen molar-refractivity contribution >= 4 is 12.0 Å². The van der Waals surface area contributed by atoms with Gasteiger partial charge in [0.1, 0.15) is 5.41 Å². The summed E-state index contributed by atoms with van der Waals surface area (Å²) in [5, 5.41) is 12.2. The lowest BCUT2D eigenvalue weighted by atomic mass is 9.79. The molecular formula is C15H25N3O3. The van der Waals surface area contributed by atoms with Crippen LogP contribution in [0.25, 0.3) is 0 Å². The minimum atomic E-state index is -0.913. The van der Waals surface area contributed by atoms with Gasteiger partial charge in [-0.3, -0.25) is 4.79 Å². The predicted octanol–water partition coefficient (Wildman–Crippen LogP) is 2.05. The summed E-state index contributed by atoms with van der Waals surface area (Å²) in [6.07, 6.45) is 2.99. The van der Waals surface area contributed by atoms with Crippen molar-refractivity contribution in [2.75, 3.05) is 20.2 Å². The van der Waals surface area contributed by atoms with E-state index >= 15 is 0 Å². The summed E-state index contributed by atoms with van der Waals surface area (Å²) in [5.41, 5.74) is -0.913. The molecule has 1 unspecified atom stereocenters. The highest BCUT2D eigenvalue weighted by Crippen LogP contribution is 2.32. The number of carbonyl (C=O) groups is 2. The van der Waals surface area contributed by atoms with Crippen molar-refractivity contribution < 1.29 is 14.3 Å². The zero-order valence-corrected chi connectivity index (χ0v) is 13.1. The number of rotatable bonds is 6. The lowest BCUT2D eigenvalue weighted by Gasteiger charge is -2.29.